The van der Waals surface area contributed by atoms with E-state index in [1.54, 1.807) is 12.1 Å². The minimum atomic E-state index is -3.31. The zero-order chi connectivity index (χ0) is 11.3. The fourth-order valence-corrected chi connectivity index (χ4v) is 4.79. The van der Waals surface area contributed by atoms with Crippen molar-refractivity contribution in [3.05, 3.63) is 15.9 Å². The minimum absolute atomic E-state index is 0.0865. The van der Waals surface area contributed by atoms with Crippen molar-refractivity contribution in [3.8, 4) is 0 Å². The Balaban J connectivity index is 2.15. The standard InChI is InChI=1S/C9H12BrNO2S2/c1-9(2)5-6(9)11-15(12,13)8-4-3-7(10)14-8/h3-4,6,11H,5H2,1-2H3. The molecule has 1 unspecified atom stereocenters. The van der Waals surface area contributed by atoms with Gasteiger partial charge in [-0.2, -0.15) is 0 Å². The van der Waals surface area contributed by atoms with Gasteiger partial charge >= 0.3 is 0 Å². The van der Waals surface area contributed by atoms with Crippen molar-refractivity contribution in [2.24, 2.45) is 5.41 Å². The van der Waals surface area contributed by atoms with Gasteiger partial charge in [-0.3, -0.25) is 0 Å². The van der Waals surface area contributed by atoms with Crippen LogP contribution in [0, 0.1) is 5.41 Å². The third-order valence-electron chi connectivity index (χ3n) is 2.62. The van der Waals surface area contributed by atoms with Crippen molar-refractivity contribution in [2.45, 2.75) is 30.5 Å². The summed E-state index contributed by atoms with van der Waals surface area (Å²) < 4.78 is 27.6. The molecular formula is C9H12BrNO2S2. The van der Waals surface area contributed by atoms with Gasteiger partial charge in [-0.25, -0.2) is 13.1 Å². The Morgan fingerprint density at radius 1 is 1.53 bits per heavy atom. The van der Waals surface area contributed by atoms with Crippen LogP contribution in [0.3, 0.4) is 0 Å². The Hall–Kier alpha value is 0.0900. The third-order valence-corrected chi connectivity index (χ3v) is 6.21. The SMILES string of the molecule is CC1(C)CC1NS(=O)(=O)c1ccc(Br)s1. The molecule has 1 N–H and O–H groups in total. The van der Waals surface area contributed by atoms with Crippen molar-refractivity contribution < 1.29 is 8.42 Å². The van der Waals surface area contributed by atoms with Crippen LogP contribution in [0.25, 0.3) is 0 Å². The van der Waals surface area contributed by atoms with Gasteiger partial charge in [-0.1, -0.05) is 13.8 Å². The first-order chi connectivity index (χ1) is 6.81. The lowest BCUT2D eigenvalue weighted by Crippen LogP contribution is -2.27. The van der Waals surface area contributed by atoms with E-state index in [1.165, 1.54) is 11.3 Å². The monoisotopic (exact) mass is 309 g/mol. The van der Waals surface area contributed by atoms with Gasteiger partial charge in [0.25, 0.3) is 0 Å². The Bertz CT molecular complexity index is 478. The van der Waals surface area contributed by atoms with Crippen molar-refractivity contribution in [2.75, 3.05) is 0 Å². The topological polar surface area (TPSA) is 46.2 Å². The number of rotatable bonds is 3. The molecule has 1 atom stereocenters. The average Bonchev–Trinajstić information content (AvgIpc) is 2.53. The Morgan fingerprint density at radius 2 is 2.13 bits per heavy atom. The maximum atomic E-state index is 11.9. The highest BCUT2D eigenvalue weighted by Gasteiger charge is 2.48. The van der Waals surface area contributed by atoms with Crippen molar-refractivity contribution >= 4 is 37.3 Å². The van der Waals surface area contributed by atoms with Crippen molar-refractivity contribution in [1.29, 1.82) is 0 Å². The van der Waals surface area contributed by atoms with Gasteiger partial charge in [-0.05, 0) is 39.9 Å². The first-order valence-electron chi connectivity index (χ1n) is 4.59. The summed E-state index contributed by atoms with van der Waals surface area (Å²) in [5.74, 6) is 0. The van der Waals surface area contributed by atoms with Crippen LogP contribution >= 0.6 is 27.3 Å². The van der Waals surface area contributed by atoms with E-state index in [9.17, 15) is 8.42 Å². The van der Waals surface area contributed by atoms with Crippen LogP contribution in [0.2, 0.25) is 0 Å². The smallest absolute Gasteiger partial charge is 0.207 e. The molecule has 0 bridgehead atoms. The maximum Gasteiger partial charge on any atom is 0.250 e. The normalized spacial score (nSPS) is 24.1. The lowest BCUT2D eigenvalue weighted by Gasteiger charge is -2.05. The molecule has 0 aliphatic heterocycles. The number of nitrogens with one attached hydrogen (secondary N) is 1. The molecule has 1 saturated carbocycles. The lowest BCUT2D eigenvalue weighted by atomic mass is 10.2. The van der Waals surface area contributed by atoms with Crippen LogP contribution in [0.1, 0.15) is 20.3 Å². The van der Waals surface area contributed by atoms with Crippen LogP contribution in [0.4, 0.5) is 0 Å². The number of sulfonamides is 1. The zero-order valence-electron chi connectivity index (χ0n) is 8.45. The van der Waals surface area contributed by atoms with Crippen LogP contribution in [0.15, 0.2) is 20.1 Å². The van der Waals surface area contributed by atoms with Crippen LogP contribution in [-0.2, 0) is 10.0 Å². The molecular weight excluding hydrogens is 298 g/mol. The molecule has 3 nitrogen and oxygen atoms in total. The summed E-state index contributed by atoms with van der Waals surface area (Å²) in [4.78, 5) is 0. The number of thiophene rings is 1. The molecule has 1 aromatic heterocycles. The molecule has 2 rings (SSSR count). The minimum Gasteiger partial charge on any atom is -0.207 e. The van der Waals surface area contributed by atoms with Gasteiger partial charge in [0.15, 0.2) is 0 Å². The summed E-state index contributed by atoms with van der Waals surface area (Å²) in [5, 5.41) is 0. The maximum absolute atomic E-state index is 11.9. The highest BCUT2D eigenvalue weighted by molar-refractivity contribution is 9.11. The number of hydrogen-bond acceptors (Lipinski definition) is 3. The van der Waals surface area contributed by atoms with Gasteiger partial charge in [0.05, 0.1) is 3.79 Å². The number of halogens is 1. The Kier molecular flexibility index (Phi) is 2.74. The summed E-state index contributed by atoms with van der Waals surface area (Å²) in [6.07, 6.45) is 0.915. The second-order valence-corrected chi connectivity index (χ2v) is 8.83. The molecule has 0 spiro atoms. The van der Waals surface area contributed by atoms with E-state index in [2.05, 4.69) is 34.5 Å². The molecule has 0 saturated heterocycles. The van der Waals surface area contributed by atoms with Crippen LogP contribution in [-0.4, -0.2) is 14.5 Å². The average molecular weight is 310 g/mol. The van der Waals surface area contributed by atoms with E-state index in [1.807, 2.05) is 0 Å². The first-order valence-corrected chi connectivity index (χ1v) is 7.68. The molecule has 1 aliphatic carbocycles. The van der Waals surface area contributed by atoms with Gasteiger partial charge in [-0.15, -0.1) is 11.3 Å². The van der Waals surface area contributed by atoms with E-state index in [0.717, 1.165) is 10.2 Å². The molecule has 1 aliphatic rings. The number of hydrogen-bond donors (Lipinski definition) is 1. The summed E-state index contributed by atoms with van der Waals surface area (Å²) in [7, 11) is -3.31. The molecule has 1 fully saturated rings. The summed E-state index contributed by atoms with van der Waals surface area (Å²) >= 11 is 4.49. The first kappa shape index (κ1) is 11.6. The summed E-state index contributed by atoms with van der Waals surface area (Å²) in [5.41, 5.74) is 0.113. The molecule has 84 valence electrons. The van der Waals surface area contributed by atoms with Gasteiger partial charge in [0.2, 0.25) is 10.0 Å². The van der Waals surface area contributed by atoms with Crippen molar-refractivity contribution in [3.63, 3.8) is 0 Å². The molecule has 0 amide bonds. The predicted molar refractivity (Wildman–Crippen MR) is 64.5 cm³/mol. The van der Waals surface area contributed by atoms with E-state index in [4.69, 9.17) is 0 Å². The van der Waals surface area contributed by atoms with E-state index < -0.39 is 10.0 Å². The molecule has 15 heavy (non-hydrogen) atoms. The molecule has 1 aromatic rings. The second kappa shape index (κ2) is 3.55. The summed E-state index contributed by atoms with van der Waals surface area (Å²) in [6.45, 7) is 4.12. The molecule has 1 heterocycles. The van der Waals surface area contributed by atoms with Gasteiger partial charge < -0.3 is 0 Å². The predicted octanol–water partition coefficient (Wildman–Crippen LogP) is 2.59. The second-order valence-electron chi connectivity index (χ2n) is 4.43. The fourth-order valence-electron chi connectivity index (χ4n) is 1.36. The molecule has 0 radical (unpaired) electrons. The highest BCUT2D eigenvalue weighted by Crippen LogP contribution is 2.45. The summed E-state index contributed by atoms with van der Waals surface area (Å²) in [6, 6.07) is 3.45. The van der Waals surface area contributed by atoms with E-state index in [0.29, 0.717) is 4.21 Å². The van der Waals surface area contributed by atoms with Crippen LogP contribution < -0.4 is 4.72 Å². The third kappa shape index (κ3) is 2.43. The Morgan fingerprint density at radius 3 is 2.53 bits per heavy atom. The van der Waals surface area contributed by atoms with Crippen molar-refractivity contribution in [1.82, 2.24) is 4.72 Å². The van der Waals surface area contributed by atoms with Crippen LogP contribution in [0.5, 0.6) is 0 Å². The zero-order valence-corrected chi connectivity index (χ0v) is 11.7. The lowest BCUT2D eigenvalue weighted by molar-refractivity contribution is 0.556. The molecule has 0 aromatic carbocycles. The van der Waals surface area contributed by atoms with E-state index in [-0.39, 0.29) is 11.5 Å². The Labute approximate surface area is 102 Å². The van der Waals surface area contributed by atoms with Gasteiger partial charge in [0.1, 0.15) is 4.21 Å². The van der Waals surface area contributed by atoms with E-state index >= 15 is 0 Å². The largest absolute Gasteiger partial charge is 0.250 e. The highest BCUT2D eigenvalue weighted by atomic mass is 79.9. The molecule has 6 heteroatoms. The quantitative estimate of drug-likeness (QED) is 0.933. The fraction of sp³-hybridized carbons (Fsp3) is 0.556. The van der Waals surface area contributed by atoms with Gasteiger partial charge in [0, 0.05) is 6.04 Å².